The average molecular weight is 491 g/mol. The van der Waals surface area contributed by atoms with Gasteiger partial charge in [0.05, 0.1) is 37.1 Å². The fourth-order valence-corrected chi connectivity index (χ4v) is 4.19. The van der Waals surface area contributed by atoms with Crippen LogP contribution in [0.5, 0.6) is 11.5 Å². The van der Waals surface area contributed by atoms with Crippen LogP contribution in [0.1, 0.15) is 24.2 Å². The Morgan fingerprint density at radius 2 is 1.82 bits per heavy atom. The largest absolute Gasteiger partial charge is 0.494 e. The molecule has 0 aliphatic carbocycles. The van der Waals surface area contributed by atoms with E-state index in [1.165, 1.54) is 12.5 Å². The van der Waals surface area contributed by atoms with Crippen molar-refractivity contribution in [2.24, 2.45) is 4.99 Å². The van der Waals surface area contributed by atoms with Gasteiger partial charge in [-0.25, -0.2) is 27.3 Å². The summed E-state index contributed by atoms with van der Waals surface area (Å²) in [5, 5.41) is 0. The number of nitrogens with one attached hydrogen (secondary N) is 1. The zero-order chi connectivity index (χ0) is 24.3. The molecule has 178 valence electrons. The first-order valence-corrected chi connectivity index (χ1v) is 12.5. The summed E-state index contributed by atoms with van der Waals surface area (Å²) in [6, 6.07) is 7.07. The maximum absolute atomic E-state index is 15.0. The van der Waals surface area contributed by atoms with Gasteiger partial charge in [-0.1, -0.05) is 0 Å². The van der Waals surface area contributed by atoms with Gasteiger partial charge in [0.25, 0.3) is 0 Å². The van der Waals surface area contributed by atoms with E-state index in [0.29, 0.717) is 36.4 Å². The van der Waals surface area contributed by atoms with Gasteiger partial charge in [0, 0.05) is 27.6 Å². The van der Waals surface area contributed by atoms with E-state index in [1.807, 2.05) is 0 Å². The highest BCUT2D eigenvalue weighted by Crippen LogP contribution is 2.32. The van der Waals surface area contributed by atoms with Gasteiger partial charge in [-0.2, -0.15) is 0 Å². The summed E-state index contributed by atoms with van der Waals surface area (Å²) in [6.07, 6.45) is 4.44. The Balaban J connectivity index is 1.79. The Kier molecular flexibility index (Phi) is 6.82. The van der Waals surface area contributed by atoms with E-state index in [9.17, 15) is 13.0 Å². The van der Waals surface area contributed by atoms with Crippen molar-refractivity contribution in [2.75, 3.05) is 19.5 Å². The van der Waals surface area contributed by atoms with Gasteiger partial charge in [0.2, 0.25) is 0 Å². The molecule has 11 heteroatoms. The smallest absolute Gasteiger partial charge is 0.191 e. The maximum atomic E-state index is 15.0. The van der Waals surface area contributed by atoms with E-state index in [4.69, 9.17) is 14.3 Å². The summed E-state index contributed by atoms with van der Waals surface area (Å²) in [6.45, 7) is 0.307. The number of aromatic nitrogens is 2. The quantitative estimate of drug-likeness (QED) is 0.543. The van der Waals surface area contributed by atoms with E-state index < -0.39 is 32.9 Å². The molecule has 7 nitrogen and oxygen atoms in total. The summed E-state index contributed by atoms with van der Waals surface area (Å²) in [7, 11) is -2.81. The lowest BCUT2D eigenvalue weighted by Crippen LogP contribution is -2.06. The van der Waals surface area contributed by atoms with Crippen molar-refractivity contribution in [1.29, 1.82) is 4.78 Å². The number of halogens is 3. The van der Waals surface area contributed by atoms with Crippen LogP contribution in [-0.4, -0.2) is 39.9 Å². The van der Waals surface area contributed by atoms with Gasteiger partial charge < -0.3 is 9.47 Å². The van der Waals surface area contributed by atoms with Crippen LogP contribution < -0.4 is 9.47 Å². The molecule has 6 bridgehead atoms. The van der Waals surface area contributed by atoms with Crippen LogP contribution in [0.2, 0.25) is 0 Å². The van der Waals surface area contributed by atoms with Crippen molar-refractivity contribution in [2.45, 2.75) is 18.6 Å². The molecule has 0 radical (unpaired) electrons. The lowest BCUT2D eigenvalue weighted by molar-refractivity contribution is 0.252. The first kappa shape index (κ1) is 23.7. The standard InChI is InChI=1S/C23H21F3N4O3S/c1-34(27,31)13-14-8-15-10-16(9-14)32-6-2-3-7-33-23-18(24)5-4-17(21(23)26)22-19(25)11-29-20(30-22)12-28-15/h4-5,8-12,27H,2-3,6-7,13H2,1H3. The van der Waals surface area contributed by atoms with Crippen molar-refractivity contribution < 1.29 is 26.9 Å². The Morgan fingerprint density at radius 1 is 1.06 bits per heavy atom. The zero-order valence-corrected chi connectivity index (χ0v) is 19.0. The van der Waals surface area contributed by atoms with Crippen molar-refractivity contribution in [3.63, 3.8) is 0 Å². The summed E-state index contributed by atoms with van der Waals surface area (Å²) < 4.78 is 74.5. The summed E-state index contributed by atoms with van der Waals surface area (Å²) in [4.78, 5) is 12.2. The average Bonchev–Trinajstić information content (AvgIpc) is 2.76. The van der Waals surface area contributed by atoms with Crippen LogP contribution >= 0.6 is 0 Å². The van der Waals surface area contributed by atoms with Crippen molar-refractivity contribution >= 4 is 21.6 Å². The third-order valence-corrected chi connectivity index (χ3v) is 5.73. The predicted octanol–water partition coefficient (Wildman–Crippen LogP) is 5.04. The van der Waals surface area contributed by atoms with Crippen LogP contribution in [0.15, 0.2) is 41.5 Å². The topological polar surface area (TPSA) is 97.5 Å². The predicted molar refractivity (Wildman–Crippen MR) is 122 cm³/mol. The highest BCUT2D eigenvalue weighted by molar-refractivity contribution is 7.90. The normalized spacial score (nSPS) is 15.5. The Morgan fingerprint density at radius 3 is 2.59 bits per heavy atom. The van der Waals surface area contributed by atoms with Crippen molar-refractivity contribution in [3.05, 3.63) is 65.4 Å². The van der Waals surface area contributed by atoms with E-state index in [-0.39, 0.29) is 29.4 Å². The number of ether oxygens (including phenoxy) is 2. The number of fused-ring (bicyclic) bond motifs is 7. The third-order valence-electron chi connectivity index (χ3n) is 4.84. The SMILES string of the molecule is CS(=N)(=O)Cc1cc2cc(c1)OCCCCOc1c(F)ccc(c1F)-c1nc(ncc1F)C=N2. The molecule has 1 aliphatic heterocycles. The lowest BCUT2D eigenvalue weighted by atomic mass is 10.1. The molecule has 0 saturated carbocycles. The van der Waals surface area contributed by atoms with Gasteiger partial charge in [-0.3, -0.25) is 9.77 Å². The van der Waals surface area contributed by atoms with E-state index in [2.05, 4.69) is 15.0 Å². The molecule has 1 aromatic heterocycles. The van der Waals surface area contributed by atoms with Crippen LogP contribution in [0.25, 0.3) is 11.3 Å². The summed E-state index contributed by atoms with van der Waals surface area (Å²) in [5.41, 5.74) is 0.396. The van der Waals surface area contributed by atoms with Crippen LogP contribution in [-0.2, 0) is 15.5 Å². The monoisotopic (exact) mass is 490 g/mol. The minimum absolute atomic E-state index is 0.0121. The van der Waals surface area contributed by atoms with Gasteiger partial charge in [-0.05, 0) is 42.7 Å². The third kappa shape index (κ3) is 5.71. The second-order valence-electron chi connectivity index (χ2n) is 7.81. The van der Waals surface area contributed by atoms with Gasteiger partial charge in [0.15, 0.2) is 29.0 Å². The minimum Gasteiger partial charge on any atom is -0.494 e. The molecule has 34 heavy (non-hydrogen) atoms. The summed E-state index contributed by atoms with van der Waals surface area (Å²) >= 11 is 0. The highest BCUT2D eigenvalue weighted by atomic mass is 32.2. The number of hydrogen-bond acceptors (Lipinski definition) is 7. The number of rotatable bonds is 2. The first-order valence-electron chi connectivity index (χ1n) is 10.4. The molecule has 0 fully saturated rings. The van der Waals surface area contributed by atoms with Gasteiger partial charge in [-0.15, -0.1) is 0 Å². The zero-order valence-electron chi connectivity index (χ0n) is 18.2. The van der Waals surface area contributed by atoms with Crippen molar-refractivity contribution in [3.8, 4) is 22.8 Å². The van der Waals surface area contributed by atoms with Gasteiger partial charge >= 0.3 is 0 Å². The molecular weight excluding hydrogens is 469 g/mol. The lowest BCUT2D eigenvalue weighted by Gasteiger charge is -2.12. The fourth-order valence-electron chi connectivity index (χ4n) is 3.38. The number of hydrogen-bond donors (Lipinski definition) is 1. The van der Waals surface area contributed by atoms with Gasteiger partial charge in [0.1, 0.15) is 11.4 Å². The number of aliphatic imine (C=N–C) groups is 1. The minimum atomic E-state index is -2.81. The van der Waals surface area contributed by atoms with E-state index >= 15 is 4.39 Å². The Hall–Kier alpha value is -3.47. The Bertz CT molecular complexity index is 1360. The fraction of sp³-hybridized carbons (Fsp3) is 0.261. The molecule has 1 unspecified atom stereocenters. The van der Waals surface area contributed by atoms with Crippen LogP contribution in [0.3, 0.4) is 0 Å². The molecule has 0 amide bonds. The molecule has 1 aliphatic rings. The molecule has 1 N–H and O–H groups in total. The molecular formula is C23H21F3N4O3S. The number of nitrogens with zero attached hydrogens (tertiary/aromatic N) is 3. The van der Waals surface area contributed by atoms with Crippen LogP contribution in [0.4, 0.5) is 18.9 Å². The summed E-state index contributed by atoms with van der Waals surface area (Å²) in [5.74, 6) is -3.00. The molecule has 2 heterocycles. The second kappa shape index (κ2) is 9.80. The first-order chi connectivity index (χ1) is 16.2. The van der Waals surface area contributed by atoms with E-state index in [0.717, 1.165) is 18.3 Å². The highest BCUT2D eigenvalue weighted by Gasteiger charge is 2.20. The number of benzene rings is 2. The molecule has 4 rings (SSSR count). The van der Waals surface area contributed by atoms with Crippen molar-refractivity contribution in [1.82, 2.24) is 9.97 Å². The second-order valence-corrected chi connectivity index (χ2v) is 10.1. The maximum Gasteiger partial charge on any atom is 0.191 e. The molecule has 1 atom stereocenters. The molecule has 0 spiro atoms. The Labute approximate surface area is 194 Å². The molecule has 0 saturated heterocycles. The molecule has 3 aromatic rings. The van der Waals surface area contributed by atoms with Crippen LogP contribution in [0, 0.1) is 22.2 Å². The van der Waals surface area contributed by atoms with E-state index in [1.54, 1.807) is 18.2 Å². The molecule has 2 aromatic carbocycles.